The summed E-state index contributed by atoms with van der Waals surface area (Å²) in [6.45, 7) is 4.26. The Morgan fingerprint density at radius 1 is 1.17 bits per heavy atom. The van der Waals surface area contributed by atoms with Gasteiger partial charge in [0.05, 0.1) is 17.6 Å². The summed E-state index contributed by atoms with van der Waals surface area (Å²) in [5.74, 6) is 1.25. The Kier molecular flexibility index (Phi) is 2.80. The van der Waals surface area contributed by atoms with Crippen LogP contribution < -0.4 is 4.74 Å². The monoisotopic (exact) mass is 325 g/mol. The highest BCUT2D eigenvalue weighted by Crippen LogP contribution is 2.58. The van der Waals surface area contributed by atoms with Gasteiger partial charge in [0, 0.05) is 31.5 Å². The number of hydrogen-bond acceptors (Lipinski definition) is 3. The van der Waals surface area contributed by atoms with Gasteiger partial charge in [-0.1, -0.05) is 24.3 Å². The van der Waals surface area contributed by atoms with Crippen LogP contribution in [0, 0.1) is 5.41 Å². The van der Waals surface area contributed by atoms with Gasteiger partial charge in [0.2, 0.25) is 5.91 Å². The van der Waals surface area contributed by atoms with Crippen molar-refractivity contribution in [2.45, 2.75) is 43.8 Å². The van der Waals surface area contributed by atoms with E-state index in [2.05, 4.69) is 25.1 Å². The zero-order chi connectivity index (χ0) is 16.4. The normalized spacial score (nSPS) is 35.3. The van der Waals surface area contributed by atoms with E-state index in [1.54, 1.807) is 0 Å². The van der Waals surface area contributed by atoms with Crippen LogP contribution in [-0.4, -0.2) is 41.7 Å². The van der Waals surface area contributed by atoms with Crippen LogP contribution in [0.1, 0.15) is 38.2 Å². The first-order valence-electron chi connectivity index (χ1n) is 8.92. The van der Waals surface area contributed by atoms with E-state index in [1.807, 2.05) is 23.1 Å². The van der Waals surface area contributed by atoms with Crippen molar-refractivity contribution in [2.24, 2.45) is 5.41 Å². The zero-order valence-electron chi connectivity index (χ0n) is 14.1. The molecule has 2 bridgehead atoms. The van der Waals surface area contributed by atoms with Gasteiger partial charge < -0.3 is 14.4 Å². The minimum atomic E-state index is -0.247. The van der Waals surface area contributed by atoms with Gasteiger partial charge in [0.25, 0.3) is 0 Å². The summed E-state index contributed by atoms with van der Waals surface area (Å²) in [7, 11) is 0. The fourth-order valence-corrected chi connectivity index (χ4v) is 5.01. The molecule has 5 aliphatic rings. The lowest BCUT2D eigenvalue weighted by atomic mass is 9.62. The number of para-hydroxylation sites is 1. The number of carbonyl (C=O) groups is 1. The maximum Gasteiger partial charge on any atom is 0.231 e. The Balaban J connectivity index is 1.28. The third-order valence-corrected chi connectivity index (χ3v) is 6.27. The number of nitrogens with zero attached hydrogens (tertiary/aromatic N) is 1. The number of piperidine rings is 1. The number of likely N-dealkylation sites (tertiary alicyclic amines) is 1. The second kappa shape index (κ2) is 4.63. The molecule has 1 amide bonds. The van der Waals surface area contributed by atoms with Crippen molar-refractivity contribution in [1.29, 1.82) is 0 Å². The van der Waals surface area contributed by atoms with Crippen molar-refractivity contribution in [3.8, 4) is 5.75 Å². The predicted octanol–water partition coefficient (Wildman–Crippen LogP) is 3.02. The Labute approximate surface area is 142 Å². The molecule has 1 spiro atoms. The minimum Gasteiger partial charge on any atom is -0.482 e. The molecule has 0 radical (unpaired) electrons. The molecule has 0 atom stereocenters. The van der Waals surface area contributed by atoms with Crippen LogP contribution in [0.5, 0.6) is 5.75 Å². The first-order valence-corrected chi connectivity index (χ1v) is 8.92. The summed E-state index contributed by atoms with van der Waals surface area (Å²) in [6, 6.07) is 8.14. The van der Waals surface area contributed by atoms with Gasteiger partial charge in [-0.25, -0.2) is 0 Å². The Bertz CT molecular complexity index is 724. The van der Waals surface area contributed by atoms with Gasteiger partial charge in [0.15, 0.2) is 0 Å². The number of carbonyl (C=O) groups excluding carboxylic acids is 1. The molecule has 4 fully saturated rings. The quantitative estimate of drug-likeness (QED) is 0.797. The van der Waals surface area contributed by atoms with Crippen LogP contribution in [0.15, 0.2) is 30.3 Å². The molecule has 0 unspecified atom stereocenters. The summed E-state index contributed by atoms with van der Waals surface area (Å²) in [4.78, 5) is 15.0. The minimum absolute atomic E-state index is 0.0361. The molecule has 1 aliphatic carbocycles. The first-order chi connectivity index (χ1) is 11.5. The van der Waals surface area contributed by atoms with E-state index in [-0.39, 0.29) is 16.6 Å². The lowest BCUT2D eigenvalue weighted by molar-refractivity contribution is -0.149. The Morgan fingerprint density at radius 2 is 1.92 bits per heavy atom. The molecule has 4 nitrogen and oxygen atoms in total. The molecule has 1 aromatic rings. The lowest BCUT2D eigenvalue weighted by Crippen LogP contribution is -2.57. The van der Waals surface area contributed by atoms with Crippen molar-refractivity contribution < 1.29 is 14.3 Å². The lowest BCUT2D eigenvalue weighted by Gasteiger charge is -2.47. The molecule has 1 saturated carbocycles. The van der Waals surface area contributed by atoms with E-state index in [0.717, 1.165) is 50.1 Å². The molecule has 3 saturated heterocycles. The number of amides is 1. The van der Waals surface area contributed by atoms with Gasteiger partial charge >= 0.3 is 0 Å². The van der Waals surface area contributed by atoms with Crippen LogP contribution >= 0.6 is 0 Å². The SMILES string of the molecule is CC12CC(C(=O)N3CCC4(C=Cc5ccccc5O4)CC3)(CO1)C2. The van der Waals surface area contributed by atoms with Crippen molar-refractivity contribution in [2.75, 3.05) is 19.7 Å². The fourth-order valence-electron chi connectivity index (χ4n) is 5.01. The summed E-state index contributed by atoms with van der Waals surface area (Å²) >= 11 is 0. The van der Waals surface area contributed by atoms with E-state index < -0.39 is 0 Å². The molecule has 4 heterocycles. The average molecular weight is 325 g/mol. The number of benzene rings is 1. The number of ether oxygens (including phenoxy) is 2. The van der Waals surface area contributed by atoms with Gasteiger partial charge in [0.1, 0.15) is 11.4 Å². The first kappa shape index (κ1) is 14.5. The van der Waals surface area contributed by atoms with Crippen molar-refractivity contribution in [3.63, 3.8) is 0 Å². The highest BCUT2D eigenvalue weighted by molar-refractivity contribution is 5.85. The van der Waals surface area contributed by atoms with E-state index in [9.17, 15) is 4.79 Å². The van der Waals surface area contributed by atoms with Gasteiger partial charge in [-0.15, -0.1) is 0 Å². The predicted molar refractivity (Wildman–Crippen MR) is 90.7 cm³/mol. The van der Waals surface area contributed by atoms with Gasteiger partial charge in [-0.3, -0.25) is 4.79 Å². The molecule has 4 heteroatoms. The zero-order valence-corrected chi connectivity index (χ0v) is 14.1. The number of hydrogen-bond donors (Lipinski definition) is 0. The second-order valence-electron chi connectivity index (χ2n) is 8.20. The molecule has 6 rings (SSSR count). The molecule has 0 N–H and O–H groups in total. The summed E-state index contributed by atoms with van der Waals surface area (Å²) in [6.07, 6.45) is 7.86. The highest BCUT2D eigenvalue weighted by Gasteiger charge is 2.64. The summed E-state index contributed by atoms with van der Waals surface area (Å²) < 4.78 is 12.1. The van der Waals surface area contributed by atoms with E-state index in [1.165, 1.54) is 0 Å². The van der Waals surface area contributed by atoms with Crippen molar-refractivity contribution in [3.05, 3.63) is 35.9 Å². The number of rotatable bonds is 1. The van der Waals surface area contributed by atoms with Crippen molar-refractivity contribution in [1.82, 2.24) is 4.90 Å². The molecule has 126 valence electrons. The molecule has 4 aliphatic heterocycles. The molecule has 1 aromatic carbocycles. The van der Waals surface area contributed by atoms with Crippen LogP contribution in [0.2, 0.25) is 0 Å². The van der Waals surface area contributed by atoms with Crippen LogP contribution in [0.3, 0.4) is 0 Å². The van der Waals surface area contributed by atoms with Crippen LogP contribution in [0.25, 0.3) is 6.08 Å². The van der Waals surface area contributed by atoms with Crippen LogP contribution in [0.4, 0.5) is 0 Å². The molecular weight excluding hydrogens is 302 g/mol. The Hall–Kier alpha value is -1.81. The standard InChI is InChI=1S/C20H23NO3/c1-18-12-19(13-18,14-23-18)17(22)21-10-8-20(9-11-21)7-6-15-4-2-3-5-16(15)24-20/h2-7H,8-14H2,1H3. The second-order valence-corrected chi connectivity index (χ2v) is 8.20. The average Bonchev–Trinajstić information content (AvgIpc) is 3.09. The smallest absolute Gasteiger partial charge is 0.231 e. The van der Waals surface area contributed by atoms with E-state index in [0.29, 0.717) is 12.5 Å². The van der Waals surface area contributed by atoms with Crippen molar-refractivity contribution >= 4 is 12.0 Å². The van der Waals surface area contributed by atoms with E-state index in [4.69, 9.17) is 9.47 Å². The summed E-state index contributed by atoms with van der Waals surface area (Å²) in [5, 5.41) is 0. The molecular formula is C20H23NO3. The topological polar surface area (TPSA) is 38.8 Å². The molecule has 0 aromatic heterocycles. The van der Waals surface area contributed by atoms with Gasteiger partial charge in [-0.2, -0.15) is 0 Å². The highest BCUT2D eigenvalue weighted by atomic mass is 16.5. The largest absolute Gasteiger partial charge is 0.482 e. The third-order valence-electron chi connectivity index (χ3n) is 6.27. The molecule has 24 heavy (non-hydrogen) atoms. The third kappa shape index (κ3) is 1.99. The van der Waals surface area contributed by atoms with E-state index >= 15 is 0 Å². The number of fused-ring (bicyclic) bond motifs is 2. The van der Waals surface area contributed by atoms with Crippen LogP contribution in [-0.2, 0) is 9.53 Å². The fraction of sp³-hybridized carbons (Fsp3) is 0.550. The maximum absolute atomic E-state index is 13.0. The van der Waals surface area contributed by atoms with Gasteiger partial charge in [-0.05, 0) is 31.9 Å². The summed E-state index contributed by atoms with van der Waals surface area (Å²) in [5.41, 5.74) is 0.626. The maximum atomic E-state index is 13.0. The Morgan fingerprint density at radius 3 is 2.62 bits per heavy atom.